The van der Waals surface area contributed by atoms with E-state index in [0.717, 1.165) is 93.8 Å². The Morgan fingerprint density at radius 3 is 1.25 bits per heavy atom. The van der Waals surface area contributed by atoms with Gasteiger partial charge in [-0.3, -0.25) is 19.2 Å². The van der Waals surface area contributed by atoms with E-state index in [1.807, 2.05) is 122 Å². The van der Waals surface area contributed by atoms with Gasteiger partial charge < -0.3 is 39.9 Å². The maximum Gasteiger partial charge on any atom is 0.407 e. The van der Waals surface area contributed by atoms with Gasteiger partial charge in [0, 0.05) is 85.8 Å². The number of hydrogen-bond acceptors (Lipinski definition) is 16. The van der Waals surface area contributed by atoms with E-state index in [2.05, 4.69) is 110 Å². The molecule has 0 saturated carbocycles. The standard InChI is InChI=1S/C40H33N3O3.C16H26O5.C9H13F3O2.2C7H13F3.CH4.H2O.3P2S2/c44-38(40(28-14-4-1-5-15-28,29-16-6-2-7-17-29)30-18-8-3-9-19-30)37(24-31-25-41-27-42-31)43-39(45)46-26-36-34-22-12-10-20-32(34)33-21-11-13-23-35(33)36;1-11(10-12(2)17)6-7-13(15(19)20)8-9-14(18)21-16(3,4)5;1-5(4-6(2)13)8(7(3)14)9(10,11)12;2*1-4-5(2)6(3)7(8,9)10;;;3*3-1-2-4/h1-23,25,27,36-37H,24,26H2,(H,41,42)(H,43,45);6-7,11,13H,8-10H2,1-5H3,(H,19,20);5,8H,4H2,1-3H3;2*5-6H,4H2,1-3H3;1H4;1H2;;;/b;7-6+;;;;;;;;/t37-;11-,13-;5-,8-;2*5-,6+;;;;;/m00111...../s1. The largest absolute Gasteiger partial charge is 0.481 e. The third-order valence-corrected chi connectivity index (χ3v) is 25.7. The first kappa shape index (κ1) is 114. The maximum atomic E-state index is 15.3. The minimum atomic E-state index is -4.55. The SMILES string of the molecule is C.CC(=O)C[C@@H](C)/C=C/[C@@H](CCC(=O)OC(C)(C)C)C(=O)O.CC(=O)C[C@@H](C)[C@H](C(C)=O)C(F)(F)F.CC[C@@H](C)[C@H](C)C(F)(F)F.CC[C@@H](C)[C@H](C)C(F)(F)F.O.O=C(N[C@@H](Cc1cnc[nH]1)C(=O)C(c1ccccc1)(c1ccccc1)c1ccccc1)OCC1c2ccccc2-c2ccccc21.S=PP=S.S=PP=S.S=PP=S. The van der Waals surface area contributed by atoms with E-state index in [-0.39, 0.29) is 86.2 Å². The molecule has 5 N–H and O–H groups in total. The third kappa shape index (κ3) is 43.3. The number of benzene rings is 5. The number of halogens is 9. The van der Waals surface area contributed by atoms with Crippen molar-refractivity contribution in [3.05, 3.63) is 198 Å². The molecule has 14 nitrogen and oxygen atoms in total. The highest BCUT2D eigenvalue weighted by molar-refractivity contribution is 8.41. The number of aromatic amines is 1. The second-order valence-electron chi connectivity index (χ2n) is 27.3. The number of fused-ring (bicyclic) bond motifs is 3. The summed E-state index contributed by atoms with van der Waals surface area (Å²) in [5, 5.41) is 12.1. The van der Waals surface area contributed by atoms with Gasteiger partial charge in [-0.2, -0.15) is 39.5 Å². The molecule has 6 aromatic rings. The van der Waals surface area contributed by atoms with E-state index in [1.165, 1.54) is 34.6 Å². The van der Waals surface area contributed by atoms with Crippen LogP contribution < -0.4 is 5.32 Å². The van der Waals surface area contributed by atoms with Crippen molar-refractivity contribution in [2.24, 2.45) is 47.3 Å². The molecule has 1 amide bonds. The number of alkyl carbamates (subject to hydrolysis) is 1. The summed E-state index contributed by atoms with van der Waals surface area (Å²) in [4.78, 5) is 91.4. The predicted octanol–water partition coefficient (Wildman–Crippen LogP) is 24.2. The number of nitrogens with one attached hydrogen (secondary N) is 2. The van der Waals surface area contributed by atoms with Crippen molar-refractivity contribution in [3.63, 3.8) is 0 Å². The number of allylic oxidation sites excluding steroid dienone is 1. The van der Waals surface area contributed by atoms with E-state index in [4.69, 9.17) is 14.6 Å². The molecule has 35 heteroatoms. The van der Waals surface area contributed by atoms with Gasteiger partial charge in [0.25, 0.3) is 0 Å². The molecule has 0 unspecified atom stereocenters. The van der Waals surface area contributed by atoms with Crippen molar-refractivity contribution in [2.75, 3.05) is 6.61 Å². The monoisotopic (exact) mass is 1830 g/mol. The lowest BCUT2D eigenvalue weighted by atomic mass is 9.64. The normalized spacial score (nSPS) is 14.0. The summed E-state index contributed by atoms with van der Waals surface area (Å²) in [5.74, 6) is -9.50. The van der Waals surface area contributed by atoms with Crippen LogP contribution in [0.25, 0.3) is 11.1 Å². The van der Waals surface area contributed by atoms with Crippen LogP contribution in [0.4, 0.5) is 44.3 Å². The topological polar surface area (TPSA) is 230 Å². The predicted molar refractivity (Wildman–Crippen MR) is 468 cm³/mol. The number of ketones is 4. The van der Waals surface area contributed by atoms with Gasteiger partial charge in [-0.15, -0.1) is 0 Å². The summed E-state index contributed by atoms with van der Waals surface area (Å²) in [5.41, 5.74) is 5.91. The number of H-pyrrole nitrogens is 1. The highest BCUT2D eigenvalue weighted by atomic mass is 32.7. The lowest BCUT2D eigenvalue weighted by Crippen LogP contribution is -2.52. The number of carboxylic acids is 1. The van der Waals surface area contributed by atoms with Gasteiger partial charge in [0.2, 0.25) is 0 Å². The fourth-order valence-electron chi connectivity index (χ4n) is 11.6. The first-order chi connectivity index (χ1) is 52.9. The van der Waals surface area contributed by atoms with E-state index in [1.54, 1.807) is 73.1 Å². The maximum absolute atomic E-state index is 15.3. The van der Waals surface area contributed by atoms with Gasteiger partial charge in [0.05, 0.1) is 30.1 Å². The van der Waals surface area contributed by atoms with Gasteiger partial charge in [-0.25, -0.2) is 9.78 Å². The lowest BCUT2D eigenvalue weighted by molar-refractivity contribution is -0.190. The fourth-order valence-corrected chi connectivity index (χ4v) is 11.6. The number of aromatic nitrogens is 2. The van der Waals surface area contributed by atoms with Crippen molar-refractivity contribution < 1.29 is 93.1 Å². The minimum absolute atomic E-state index is 0. The summed E-state index contributed by atoms with van der Waals surface area (Å²) in [6.45, 7) is 21.4. The highest BCUT2D eigenvalue weighted by Crippen LogP contribution is 2.46. The van der Waals surface area contributed by atoms with Crippen molar-refractivity contribution in [3.8, 4) is 11.1 Å². The number of imidazole rings is 1. The molecule has 0 radical (unpaired) electrons. The Morgan fingerprint density at radius 1 is 0.565 bits per heavy atom. The number of carbonyl (C=O) groups excluding carboxylic acids is 6. The first-order valence-electron chi connectivity index (χ1n) is 35.4. The molecule has 115 heavy (non-hydrogen) atoms. The first-order valence-corrected chi connectivity index (χ1v) is 49.0. The number of esters is 1. The molecule has 0 spiro atoms. The molecule has 0 saturated heterocycles. The quantitative estimate of drug-likeness (QED) is 0.0130. The Balaban J connectivity index is -0.00000151. The number of carbonyl (C=O) groups is 7. The Kier molecular flexibility index (Phi) is 58.4. The number of amides is 1. The van der Waals surface area contributed by atoms with Gasteiger partial charge in [0.15, 0.2) is 5.78 Å². The van der Waals surface area contributed by atoms with Crippen LogP contribution in [0, 0.1) is 47.3 Å². The molecule has 5 aromatic carbocycles. The number of carboxylic acid groups (broad SMARTS) is 1. The van der Waals surface area contributed by atoms with Crippen LogP contribution in [0.2, 0.25) is 0 Å². The van der Waals surface area contributed by atoms with Gasteiger partial charge >= 0.3 is 36.6 Å². The van der Waals surface area contributed by atoms with Crippen molar-refractivity contribution in [1.82, 2.24) is 15.3 Å². The fraction of sp³-hybridized carbons (Fsp3) is 0.475. The number of rotatable bonds is 29. The van der Waals surface area contributed by atoms with Crippen LogP contribution in [0.15, 0.2) is 164 Å². The van der Waals surface area contributed by atoms with Crippen molar-refractivity contribution >= 4 is 154 Å². The zero-order valence-electron chi connectivity index (χ0n) is 65.6. The summed E-state index contributed by atoms with van der Waals surface area (Å²) in [6, 6.07) is 44.7. The number of hydrogen-bond donors (Lipinski definition) is 3. The summed E-state index contributed by atoms with van der Waals surface area (Å²) >= 11 is 26.5. The average Bonchev–Trinajstić information content (AvgIpc) is 1.72. The Hall–Kier alpha value is -5.61. The molecular weight excluding hydrogens is 1730 g/mol. The average molecular weight is 1830 g/mol. The van der Waals surface area contributed by atoms with Crippen LogP contribution >= 0.6 is 42.3 Å². The van der Waals surface area contributed by atoms with Gasteiger partial charge in [-0.1, -0.05) is 227 Å². The molecule has 1 aliphatic carbocycles. The van der Waals surface area contributed by atoms with Crippen LogP contribution in [0.5, 0.6) is 0 Å². The summed E-state index contributed by atoms with van der Waals surface area (Å²) in [6.07, 6.45) is -4.94. The van der Waals surface area contributed by atoms with Crippen LogP contribution in [0.3, 0.4) is 0 Å². The Morgan fingerprint density at radius 2 is 0.948 bits per heavy atom. The molecule has 9 atom stereocenters. The number of alkyl halides is 9. The lowest BCUT2D eigenvalue weighted by Gasteiger charge is -2.37. The highest BCUT2D eigenvalue weighted by Gasteiger charge is 2.48. The van der Waals surface area contributed by atoms with Crippen LogP contribution in [-0.4, -0.2) is 98.5 Å². The van der Waals surface area contributed by atoms with E-state index < -0.39 is 89.0 Å². The molecule has 7 rings (SSSR count). The molecule has 634 valence electrons. The molecular formula is C80H104F9N3O11P6S6. The van der Waals surface area contributed by atoms with E-state index >= 15 is 4.79 Å². The Labute approximate surface area is 711 Å². The summed E-state index contributed by atoms with van der Waals surface area (Å²) in [7, 11) is 5.21. The van der Waals surface area contributed by atoms with Crippen molar-refractivity contribution in [1.29, 1.82) is 0 Å². The van der Waals surface area contributed by atoms with Crippen molar-refractivity contribution in [2.45, 2.75) is 191 Å². The number of nitrogens with zero attached hydrogens (tertiary/aromatic N) is 1. The second-order valence-corrected chi connectivity index (χ2v) is 40.0. The number of ether oxygens (including phenoxy) is 2. The van der Waals surface area contributed by atoms with Gasteiger partial charge in [0.1, 0.15) is 40.9 Å². The molecule has 0 aliphatic heterocycles. The third-order valence-electron chi connectivity index (χ3n) is 17.7. The molecule has 0 bridgehead atoms. The smallest absolute Gasteiger partial charge is 0.407 e. The van der Waals surface area contributed by atoms with Gasteiger partial charge in [-0.05, 0) is 181 Å². The van der Waals surface area contributed by atoms with E-state index in [0.29, 0.717) is 19.3 Å². The molecule has 0 fully saturated rings. The van der Waals surface area contributed by atoms with E-state index in [9.17, 15) is 68.3 Å². The molecule has 1 aromatic heterocycles. The van der Waals surface area contributed by atoms with Crippen LogP contribution in [0.1, 0.15) is 182 Å². The summed E-state index contributed by atoms with van der Waals surface area (Å²) < 4.78 is 119. The number of Topliss-reactive ketones (excluding diaryl/α,β-unsaturated/α-hetero) is 4. The Bertz CT molecular complexity index is 3750. The minimum Gasteiger partial charge on any atom is -0.481 e. The number of aliphatic carboxylic acids is 1. The molecule has 1 heterocycles. The zero-order valence-corrected chi connectivity index (χ0v) is 75.9. The molecule has 1 aliphatic rings. The second kappa shape index (κ2) is 59.1. The zero-order chi connectivity index (χ0) is 86.5. The van der Waals surface area contributed by atoms with Crippen LogP contribution in [-0.2, 0) is 121 Å².